The SMILES string of the molecule is Cc1ccc(COc2ccc(Cl)cc2/C=C2/SC(=Nc3ccc(C)c(Cl)c3)N(c3ccc(C)c(Cl)c3)C2=O)cc1. The summed E-state index contributed by atoms with van der Waals surface area (Å²) < 4.78 is 6.15. The number of aryl methyl sites for hydroxylation is 3. The predicted molar refractivity (Wildman–Crippen MR) is 169 cm³/mol. The highest BCUT2D eigenvalue weighted by atomic mass is 35.5. The monoisotopic (exact) mass is 606 g/mol. The Morgan fingerprint density at radius 2 is 1.55 bits per heavy atom. The minimum Gasteiger partial charge on any atom is -0.488 e. The number of rotatable bonds is 6. The largest absolute Gasteiger partial charge is 0.488 e. The summed E-state index contributed by atoms with van der Waals surface area (Å²) in [6.45, 7) is 6.27. The molecule has 0 radical (unpaired) electrons. The number of nitrogens with zero attached hydrogens (tertiary/aromatic N) is 2. The van der Waals surface area contributed by atoms with Crippen LogP contribution in [0.1, 0.15) is 27.8 Å². The Labute approximate surface area is 253 Å². The molecule has 8 heteroatoms. The van der Waals surface area contributed by atoms with Crippen LogP contribution in [0, 0.1) is 20.8 Å². The minimum absolute atomic E-state index is 0.230. The molecule has 1 amide bonds. The second kappa shape index (κ2) is 12.1. The Kier molecular flexibility index (Phi) is 8.57. The van der Waals surface area contributed by atoms with Crippen LogP contribution in [0.5, 0.6) is 5.75 Å². The van der Waals surface area contributed by atoms with Crippen molar-refractivity contribution >= 4 is 75.1 Å². The van der Waals surface area contributed by atoms with Gasteiger partial charge in [-0.05, 0) is 97.8 Å². The van der Waals surface area contributed by atoms with Crippen molar-refractivity contribution in [1.82, 2.24) is 0 Å². The third kappa shape index (κ3) is 6.39. The Morgan fingerprint density at radius 3 is 2.25 bits per heavy atom. The van der Waals surface area contributed by atoms with E-state index >= 15 is 0 Å². The van der Waals surface area contributed by atoms with Gasteiger partial charge >= 0.3 is 0 Å². The molecule has 1 aliphatic heterocycles. The highest BCUT2D eigenvalue weighted by molar-refractivity contribution is 8.19. The molecule has 1 heterocycles. The first kappa shape index (κ1) is 28.3. The van der Waals surface area contributed by atoms with Gasteiger partial charge in [0, 0.05) is 20.6 Å². The lowest BCUT2D eigenvalue weighted by Crippen LogP contribution is -2.28. The minimum atomic E-state index is -0.230. The number of ether oxygens (including phenoxy) is 1. The fourth-order valence-corrected chi connectivity index (χ4v) is 5.53. The lowest BCUT2D eigenvalue weighted by Gasteiger charge is -2.16. The molecule has 5 rings (SSSR count). The van der Waals surface area contributed by atoms with Gasteiger partial charge in [-0.2, -0.15) is 0 Å². The van der Waals surface area contributed by atoms with Crippen molar-refractivity contribution < 1.29 is 9.53 Å². The zero-order valence-electron chi connectivity index (χ0n) is 22.0. The third-order valence-corrected chi connectivity index (χ3v) is 8.39. The zero-order valence-corrected chi connectivity index (χ0v) is 25.1. The number of carbonyl (C=O) groups excluding carboxylic acids is 1. The summed E-state index contributed by atoms with van der Waals surface area (Å²) in [7, 11) is 0. The molecule has 0 spiro atoms. The van der Waals surface area contributed by atoms with Crippen molar-refractivity contribution in [2.45, 2.75) is 27.4 Å². The molecule has 4 aromatic rings. The molecule has 1 aliphatic rings. The van der Waals surface area contributed by atoms with E-state index in [1.807, 2.05) is 75.4 Å². The molecule has 0 bridgehead atoms. The van der Waals surface area contributed by atoms with Gasteiger partial charge in [0.1, 0.15) is 12.4 Å². The molecule has 0 aliphatic carbocycles. The Morgan fingerprint density at radius 1 is 0.850 bits per heavy atom. The number of amidine groups is 1. The second-order valence-electron chi connectivity index (χ2n) is 9.47. The summed E-state index contributed by atoms with van der Waals surface area (Å²) in [6.07, 6.45) is 1.79. The smallest absolute Gasteiger partial charge is 0.271 e. The Balaban J connectivity index is 1.53. The first-order valence-electron chi connectivity index (χ1n) is 12.5. The quantitative estimate of drug-likeness (QED) is 0.205. The molecule has 0 atom stereocenters. The fourth-order valence-electron chi connectivity index (χ4n) is 4.01. The highest BCUT2D eigenvalue weighted by Gasteiger charge is 2.35. The van der Waals surface area contributed by atoms with E-state index in [0.717, 1.165) is 16.7 Å². The molecule has 1 saturated heterocycles. The number of benzene rings is 4. The van der Waals surface area contributed by atoms with Crippen molar-refractivity contribution in [2.24, 2.45) is 4.99 Å². The molecule has 4 aromatic carbocycles. The number of amides is 1. The van der Waals surface area contributed by atoms with E-state index < -0.39 is 0 Å². The van der Waals surface area contributed by atoms with Gasteiger partial charge in [0.15, 0.2) is 5.17 Å². The van der Waals surface area contributed by atoms with Crippen LogP contribution in [0.25, 0.3) is 6.08 Å². The van der Waals surface area contributed by atoms with Crippen LogP contribution >= 0.6 is 46.6 Å². The maximum absolute atomic E-state index is 13.8. The molecule has 0 N–H and O–H groups in total. The molecule has 4 nitrogen and oxygen atoms in total. The first-order valence-corrected chi connectivity index (χ1v) is 14.5. The van der Waals surface area contributed by atoms with Gasteiger partial charge < -0.3 is 4.74 Å². The van der Waals surface area contributed by atoms with E-state index in [1.165, 1.54) is 17.3 Å². The molecule has 202 valence electrons. The second-order valence-corrected chi connectivity index (χ2v) is 11.7. The summed E-state index contributed by atoms with van der Waals surface area (Å²) in [5, 5.41) is 2.19. The van der Waals surface area contributed by atoms with Gasteiger partial charge in [0.05, 0.1) is 16.3 Å². The van der Waals surface area contributed by atoms with Gasteiger partial charge in [-0.3, -0.25) is 9.69 Å². The molecule has 0 aromatic heterocycles. The van der Waals surface area contributed by atoms with Crippen molar-refractivity contribution in [3.05, 3.63) is 127 Å². The van der Waals surface area contributed by atoms with Crippen LogP contribution in [-0.4, -0.2) is 11.1 Å². The molecule has 0 unspecified atom stereocenters. The number of halogens is 3. The van der Waals surface area contributed by atoms with Crippen molar-refractivity contribution in [3.8, 4) is 5.75 Å². The topological polar surface area (TPSA) is 41.9 Å². The number of hydrogen-bond acceptors (Lipinski definition) is 4. The third-order valence-electron chi connectivity index (χ3n) is 6.37. The maximum atomic E-state index is 13.8. The van der Waals surface area contributed by atoms with E-state index in [1.54, 1.807) is 35.2 Å². The van der Waals surface area contributed by atoms with Crippen LogP contribution in [-0.2, 0) is 11.4 Å². The predicted octanol–water partition coefficient (Wildman–Crippen LogP) is 9.96. The summed E-state index contributed by atoms with van der Waals surface area (Å²) in [6, 6.07) is 24.6. The average Bonchev–Trinajstić information content (AvgIpc) is 3.22. The van der Waals surface area contributed by atoms with Crippen LogP contribution < -0.4 is 9.64 Å². The number of thioether (sulfide) groups is 1. The number of aliphatic imine (C=N–C) groups is 1. The summed E-state index contributed by atoms with van der Waals surface area (Å²) in [5.41, 5.74) is 6.04. The molecular formula is C32H25Cl3N2O2S. The number of anilines is 1. The van der Waals surface area contributed by atoms with Gasteiger partial charge in [0.2, 0.25) is 0 Å². The highest BCUT2D eigenvalue weighted by Crippen LogP contribution is 2.40. The van der Waals surface area contributed by atoms with Gasteiger partial charge in [-0.1, -0.05) is 76.8 Å². The van der Waals surface area contributed by atoms with Crippen molar-refractivity contribution in [1.29, 1.82) is 0 Å². The maximum Gasteiger partial charge on any atom is 0.271 e. The van der Waals surface area contributed by atoms with Gasteiger partial charge in [-0.25, -0.2) is 4.99 Å². The Hall–Kier alpha value is -3.22. The van der Waals surface area contributed by atoms with E-state index in [0.29, 0.717) is 54.4 Å². The zero-order chi connectivity index (χ0) is 28.4. The average molecular weight is 608 g/mol. The summed E-state index contributed by atoms with van der Waals surface area (Å²) in [4.78, 5) is 20.7. The van der Waals surface area contributed by atoms with Crippen LogP contribution in [0.4, 0.5) is 11.4 Å². The van der Waals surface area contributed by atoms with Crippen molar-refractivity contribution in [2.75, 3.05) is 4.90 Å². The van der Waals surface area contributed by atoms with E-state index in [2.05, 4.69) is 0 Å². The van der Waals surface area contributed by atoms with Crippen molar-refractivity contribution in [3.63, 3.8) is 0 Å². The lowest BCUT2D eigenvalue weighted by atomic mass is 10.1. The van der Waals surface area contributed by atoms with E-state index in [9.17, 15) is 4.79 Å². The van der Waals surface area contributed by atoms with Crippen LogP contribution in [0.15, 0.2) is 88.8 Å². The normalized spacial score (nSPS) is 15.3. The standard InChI is InChI=1S/C32H25Cl3N2O2S/c1-19-4-8-22(9-5-19)18-39-29-13-10-24(33)14-23(29)15-30-31(38)37(26-12-7-21(3)28(35)17-26)32(40-30)36-25-11-6-20(2)27(34)16-25/h4-17H,18H2,1-3H3/b30-15+,36-32?. The lowest BCUT2D eigenvalue weighted by molar-refractivity contribution is -0.113. The molecule has 1 fully saturated rings. The molecular weight excluding hydrogens is 583 g/mol. The fraction of sp³-hybridized carbons (Fsp3) is 0.125. The van der Waals surface area contributed by atoms with E-state index in [4.69, 9.17) is 44.5 Å². The van der Waals surface area contributed by atoms with Gasteiger partial charge in [-0.15, -0.1) is 0 Å². The molecule has 0 saturated carbocycles. The summed E-state index contributed by atoms with van der Waals surface area (Å²) >= 11 is 20.4. The summed E-state index contributed by atoms with van der Waals surface area (Å²) in [5.74, 6) is 0.387. The van der Waals surface area contributed by atoms with Crippen LogP contribution in [0.3, 0.4) is 0 Å². The number of hydrogen-bond donors (Lipinski definition) is 0. The first-order chi connectivity index (χ1) is 19.2. The van der Waals surface area contributed by atoms with E-state index in [-0.39, 0.29) is 5.91 Å². The van der Waals surface area contributed by atoms with Gasteiger partial charge in [0.25, 0.3) is 5.91 Å². The number of carbonyl (C=O) groups is 1. The van der Waals surface area contributed by atoms with Crippen LogP contribution in [0.2, 0.25) is 15.1 Å². The Bertz CT molecular complexity index is 1670. The molecule has 40 heavy (non-hydrogen) atoms.